The molecule has 1 unspecified atom stereocenters. The first-order valence-electron chi connectivity index (χ1n) is 15.2. The number of hydrogen-bond acceptors (Lipinski definition) is 7. The van der Waals surface area contributed by atoms with Gasteiger partial charge in [-0.05, 0) is 79.4 Å². The number of carbonyl (C=O) groups is 2. The summed E-state index contributed by atoms with van der Waals surface area (Å²) < 4.78 is 37.9. The van der Waals surface area contributed by atoms with E-state index >= 15 is 0 Å². The number of rotatable bonds is 6. The maximum atomic E-state index is 12.8. The van der Waals surface area contributed by atoms with Gasteiger partial charge in [0.2, 0.25) is 0 Å². The zero-order valence-corrected chi connectivity index (χ0v) is 25.4. The topological polar surface area (TPSA) is 129 Å². The summed E-state index contributed by atoms with van der Waals surface area (Å²) in [6, 6.07) is 31.6. The summed E-state index contributed by atoms with van der Waals surface area (Å²) in [7, 11) is 0. The lowest BCUT2D eigenvalue weighted by atomic mass is 9.91. The van der Waals surface area contributed by atoms with Crippen LogP contribution in [0.5, 0.6) is 0 Å². The Bertz CT molecular complexity index is 2060. The van der Waals surface area contributed by atoms with Crippen LogP contribution in [0.2, 0.25) is 0 Å². The van der Waals surface area contributed by atoms with E-state index in [-0.39, 0.29) is 5.91 Å². The van der Waals surface area contributed by atoms with Crippen LogP contribution in [0.1, 0.15) is 34.7 Å². The Kier molecular flexibility index (Phi) is 9.35. The quantitative estimate of drug-likeness (QED) is 0.142. The molecule has 0 aliphatic carbocycles. The highest BCUT2D eigenvalue weighted by atomic mass is 19.4. The van der Waals surface area contributed by atoms with Crippen molar-refractivity contribution in [2.75, 3.05) is 23.7 Å². The summed E-state index contributed by atoms with van der Waals surface area (Å²) in [6.07, 6.45) is -1.16. The lowest BCUT2D eigenvalue weighted by Crippen LogP contribution is -2.28. The number of amides is 1. The van der Waals surface area contributed by atoms with Crippen LogP contribution in [0.15, 0.2) is 108 Å². The summed E-state index contributed by atoms with van der Waals surface area (Å²) in [6.45, 7) is 2.09. The third-order valence-electron chi connectivity index (χ3n) is 7.95. The number of aromatic nitrogens is 2. The molecule has 0 bridgehead atoms. The van der Waals surface area contributed by atoms with Crippen molar-refractivity contribution in [3.8, 4) is 11.3 Å². The molecule has 48 heavy (non-hydrogen) atoms. The van der Waals surface area contributed by atoms with Gasteiger partial charge in [-0.1, -0.05) is 42.5 Å². The van der Waals surface area contributed by atoms with Gasteiger partial charge in [0, 0.05) is 45.9 Å². The number of alkyl halides is 3. The van der Waals surface area contributed by atoms with Gasteiger partial charge in [0.05, 0.1) is 5.69 Å². The van der Waals surface area contributed by atoms with Crippen LogP contribution >= 0.6 is 0 Å². The Morgan fingerprint density at radius 1 is 0.875 bits per heavy atom. The number of benzene rings is 4. The van der Waals surface area contributed by atoms with Crippen LogP contribution in [0.4, 0.5) is 30.4 Å². The molecule has 1 atom stereocenters. The molecule has 4 aromatic carbocycles. The van der Waals surface area contributed by atoms with E-state index in [0.717, 1.165) is 57.7 Å². The monoisotopic (exact) mass is 653 g/mol. The summed E-state index contributed by atoms with van der Waals surface area (Å²) >= 11 is 0. The molecule has 6 aromatic rings. The second-order valence-electron chi connectivity index (χ2n) is 11.2. The number of carbonyl (C=O) groups excluding carboxylic acids is 1. The van der Waals surface area contributed by atoms with Crippen LogP contribution in [0, 0.1) is 0 Å². The van der Waals surface area contributed by atoms with E-state index < -0.39 is 12.1 Å². The number of halogens is 3. The molecule has 2 aromatic heterocycles. The number of hydrogen-bond donors (Lipinski definition) is 4. The van der Waals surface area contributed by atoms with Crippen molar-refractivity contribution in [1.29, 1.82) is 0 Å². The molecule has 1 saturated heterocycles. The van der Waals surface area contributed by atoms with E-state index in [0.29, 0.717) is 17.3 Å². The molecule has 1 amide bonds. The predicted octanol–water partition coefficient (Wildman–Crippen LogP) is 8.14. The number of carboxylic acids is 1. The Morgan fingerprint density at radius 3 is 2.29 bits per heavy atom. The van der Waals surface area contributed by atoms with Gasteiger partial charge >= 0.3 is 12.1 Å². The lowest BCUT2D eigenvalue weighted by molar-refractivity contribution is -0.192. The van der Waals surface area contributed by atoms with Crippen molar-refractivity contribution in [2.24, 2.45) is 0 Å². The minimum Gasteiger partial charge on any atom is -0.475 e. The first kappa shape index (κ1) is 32.2. The smallest absolute Gasteiger partial charge is 0.475 e. The fourth-order valence-electron chi connectivity index (χ4n) is 5.55. The number of nitrogens with one attached hydrogen (secondary N) is 3. The number of nitrogens with zero attached hydrogens (tertiary/aromatic N) is 2. The van der Waals surface area contributed by atoms with Crippen molar-refractivity contribution in [2.45, 2.75) is 24.9 Å². The molecule has 1 aliphatic heterocycles. The highest BCUT2D eigenvalue weighted by Gasteiger charge is 2.38. The normalized spacial score (nSPS) is 14.6. The molecule has 12 heteroatoms. The van der Waals surface area contributed by atoms with E-state index in [1.165, 1.54) is 18.4 Å². The first-order chi connectivity index (χ1) is 23.2. The molecule has 1 aliphatic rings. The number of para-hydroxylation sites is 2. The van der Waals surface area contributed by atoms with Crippen molar-refractivity contribution in [3.05, 3.63) is 115 Å². The Balaban J connectivity index is 0.000000519. The Labute approximate surface area is 272 Å². The third-order valence-corrected chi connectivity index (χ3v) is 7.95. The summed E-state index contributed by atoms with van der Waals surface area (Å²) in [4.78, 5) is 30.7. The summed E-state index contributed by atoms with van der Waals surface area (Å²) in [5.74, 6) is -1.70. The summed E-state index contributed by atoms with van der Waals surface area (Å²) in [5.41, 5.74) is 6.83. The van der Waals surface area contributed by atoms with Crippen LogP contribution in [0.3, 0.4) is 0 Å². The van der Waals surface area contributed by atoms with Gasteiger partial charge in [0.25, 0.3) is 5.91 Å². The zero-order chi connectivity index (χ0) is 33.7. The number of fused-ring (bicyclic) bond motifs is 3. The fourth-order valence-corrected chi connectivity index (χ4v) is 5.55. The van der Waals surface area contributed by atoms with Gasteiger partial charge < -0.3 is 25.5 Å². The van der Waals surface area contributed by atoms with Gasteiger partial charge in [0.1, 0.15) is 23.3 Å². The average Bonchev–Trinajstić information content (AvgIpc) is 3.49. The highest BCUT2D eigenvalue weighted by molar-refractivity contribution is 6.09. The first-order valence-corrected chi connectivity index (χ1v) is 15.2. The minimum atomic E-state index is -5.08. The largest absolute Gasteiger partial charge is 0.490 e. The van der Waals surface area contributed by atoms with Crippen molar-refractivity contribution >= 4 is 51.0 Å². The van der Waals surface area contributed by atoms with Gasteiger partial charge in [-0.2, -0.15) is 13.2 Å². The fraction of sp³-hybridized carbons (Fsp3) is 0.167. The summed E-state index contributed by atoms with van der Waals surface area (Å²) in [5, 5.41) is 19.0. The molecule has 0 spiro atoms. The molecular weight excluding hydrogens is 623 g/mol. The number of anilines is 3. The molecule has 7 rings (SSSR count). The third kappa shape index (κ3) is 7.45. The second kappa shape index (κ2) is 13.9. The van der Waals surface area contributed by atoms with Crippen molar-refractivity contribution in [3.63, 3.8) is 0 Å². The number of furan rings is 1. The Hall–Kier alpha value is -5.75. The van der Waals surface area contributed by atoms with Gasteiger partial charge in [-0.15, -0.1) is 0 Å². The van der Waals surface area contributed by atoms with Gasteiger partial charge in [0.15, 0.2) is 0 Å². The second-order valence-corrected chi connectivity index (χ2v) is 11.2. The SMILES string of the molecule is O=C(Nc1ccc(Nc2cc(-c3cccc4c3oc3ccccc34)ncn2)cc1)c1ccc(C2CCCNC2)cc1.O=C(O)C(F)(F)F. The van der Waals surface area contributed by atoms with E-state index in [2.05, 4.69) is 50.2 Å². The lowest BCUT2D eigenvalue weighted by Gasteiger charge is -2.23. The maximum absolute atomic E-state index is 12.8. The van der Waals surface area contributed by atoms with Crippen molar-refractivity contribution in [1.82, 2.24) is 15.3 Å². The number of carboxylic acid groups (broad SMARTS) is 1. The van der Waals surface area contributed by atoms with Crippen LogP contribution in [0.25, 0.3) is 33.2 Å². The molecule has 1 fully saturated rings. The zero-order valence-electron chi connectivity index (χ0n) is 25.4. The van der Waals surface area contributed by atoms with E-state index in [9.17, 15) is 18.0 Å². The molecule has 244 valence electrons. The molecular formula is C36H30F3N5O4. The van der Waals surface area contributed by atoms with E-state index in [1.807, 2.05) is 72.8 Å². The van der Waals surface area contributed by atoms with E-state index in [4.69, 9.17) is 14.3 Å². The molecule has 9 nitrogen and oxygen atoms in total. The molecule has 0 radical (unpaired) electrons. The average molecular weight is 654 g/mol. The van der Waals surface area contributed by atoms with E-state index in [1.54, 1.807) is 6.33 Å². The van der Waals surface area contributed by atoms with Crippen LogP contribution in [-0.2, 0) is 4.79 Å². The number of aliphatic carboxylic acids is 1. The van der Waals surface area contributed by atoms with Crippen molar-refractivity contribution < 1.29 is 32.3 Å². The van der Waals surface area contributed by atoms with Crippen LogP contribution < -0.4 is 16.0 Å². The minimum absolute atomic E-state index is 0.126. The Morgan fingerprint density at radius 2 is 1.58 bits per heavy atom. The highest BCUT2D eigenvalue weighted by Crippen LogP contribution is 2.35. The van der Waals surface area contributed by atoms with Gasteiger partial charge in [-0.25, -0.2) is 14.8 Å². The predicted molar refractivity (Wildman–Crippen MR) is 177 cm³/mol. The molecule has 0 saturated carbocycles. The standard InChI is InChI=1S/C34H29N5O2.C2HF3O2/c40-34(23-12-10-22(11-13-23)24-5-4-18-35-20-24)39-26-16-14-25(15-17-26)38-32-19-30(36-21-37-32)29-8-3-7-28-27-6-1-2-9-31(27)41-33(28)29;3-2(4,5)1(6)7/h1-3,6-17,19,21,24,35H,4-5,18,20H2,(H,39,40)(H,36,37,38);(H,6,7). The molecule has 4 N–H and O–H groups in total. The maximum Gasteiger partial charge on any atom is 0.490 e. The number of piperidine rings is 1. The molecule has 3 heterocycles. The van der Waals surface area contributed by atoms with Crippen LogP contribution in [-0.4, -0.2) is 46.2 Å². The van der Waals surface area contributed by atoms with Gasteiger partial charge in [-0.3, -0.25) is 4.79 Å².